The number of nitrogens with two attached hydrogens (primary N) is 1. The van der Waals surface area contributed by atoms with Crippen LogP contribution in [0.2, 0.25) is 0 Å². The van der Waals surface area contributed by atoms with Crippen molar-refractivity contribution in [1.29, 1.82) is 5.26 Å². The number of hydrogen-bond donors (Lipinski definition) is 1. The number of halogens is 2. The number of amidine groups is 1. The number of aromatic nitrogens is 1. The third kappa shape index (κ3) is 4.15. The number of fused-ring (bicyclic) bond motifs is 1. The quantitative estimate of drug-likeness (QED) is 0.652. The molecular weight excluding hydrogens is 470 g/mol. The van der Waals surface area contributed by atoms with Gasteiger partial charge in [-0.15, -0.1) is 0 Å². The molecule has 6 nitrogen and oxygen atoms in total. The van der Waals surface area contributed by atoms with E-state index < -0.39 is 21.9 Å². The molecule has 2 aromatic rings. The Morgan fingerprint density at radius 1 is 1.31 bits per heavy atom. The highest BCUT2D eigenvalue weighted by Gasteiger charge is 2.70. The van der Waals surface area contributed by atoms with Crippen molar-refractivity contribution in [2.45, 2.75) is 36.5 Å². The predicted molar refractivity (Wildman–Crippen MR) is 130 cm³/mol. The average molecular weight is 495 g/mol. The van der Waals surface area contributed by atoms with Crippen LogP contribution in [0.1, 0.15) is 48.6 Å². The fourth-order valence-electron chi connectivity index (χ4n) is 5.24. The summed E-state index contributed by atoms with van der Waals surface area (Å²) in [7, 11) is 0. The molecule has 3 atom stereocenters. The van der Waals surface area contributed by atoms with E-state index in [1.54, 1.807) is 13.0 Å². The molecule has 180 valence electrons. The molecule has 2 fully saturated rings. The number of pyridine rings is 1. The summed E-state index contributed by atoms with van der Waals surface area (Å²) in [5.41, 5.74) is 6.25. The summed E-state index contributed by atoms with van der Waals surface area (Å²) in [4.78, 5) is 22.1. The summed E-state index contributed by atoms with van der Waals surface area (Å²) in [6.07, 6.45) is 4.48. The molecule has 9 heteroatoms. The number of Topliss-reactive ketones (excluding diaryl/α,β-unsaturated/α-hetero) is 1. The Kier molecular flexibility index (Phi) is 5.98. The smallest absolute Gasteiger partial charge is 0.155 e. The van der Waals surface area contributed by atoms with Crippen molar-refractivity contribution in [1.82, 2.24) is 4.98 Å². The highest BCUT2D eigenvalue weighted by atomic mass is 32.2. The van der Waals surface area contributed by atoms with E-state index in [0.717, 1.165) is 0 Å². The molecule has 1 aliphatic carbocycles. The standard InChI is InChI=1S/C26H24F2N4O2S/c1-25(22-12-26(22,35-24(30)32-25)23(33)17-6-8-34-9-7-17)18-10-15(2-4-19(18)27)11-20(28)21-5-3-16(13-29)14-31-21/h2-5,10-11,14,17,22H,6-9,12H2,1H3,(H2,30,32)/b20-11-/t22-,25+,26-/m0/s1. The second-order valence-electron chi connectivity index (χ2n) is 9.37. The molecule has 0 unspecified atom stereocenters. The number of thioether (sulfide) groups is 1. The van der Waals surface area contributed by atoms with Crippen LogP contribution in [0.3, 0.4) is 0 Å². The van der Waals surface area contributed by atoms with Gasteiger partial charge in [0.1, 0.15) is 17.7 Å². The summed E-state index contributed by atoms with van der Waals surface area (Å²) in [5.74, 6) is -1.25. The monoisotopic (exact) mass is 494 g/mol. The largest absolute Gasteiger partial charge is 0.381 e. The molecule has 3 heterocycles. The van der Waals surface area contributed by atoms with Gasteiger partial charge in [0.05, 0.1) is 21.5 Å². The SMILES string of the molecule is C[C@]1(c2cc(/C=C(\F)c3ccc(C#N)cn3)ccc2F)N=C(N)S[C@@]2(C(=O)C3CCOCC3)C[C@H]21. The van der Waals surface area contributed by atoms with Gasteiger partial charge in [0.15, 0.2) is 11.0 Å². The molecule has 2 aliphatic heterocycles. The molecule has 0 spiro atoms. The Morgan fingerprint density at radius 3 is 2.77 bits per heavy atom. The molecule has 35 heavy (non-hydrogen) atoms. The lowest BCUT2D eigenvalue weighted by Crippen LogP contribution is -2.42. The van der Waals surface area contributed by atoms with Gasteiger partial charge in [-0.2, -0.15) is 5.26 Å². The first-order valence-electron chi connectivity index (χ1n) is 11.5. The maximum absolute atomic E-state index is 15.2. The Hall–Kier alpha value is -3.09. The van der Waals surface area contributed by atoms with Crippen LogP contribution >= 0.6 is 11.8 Å². The number of hydrogen-bond acceptors (Lipinski definition) is 7. The topological polar surface area (TPSA) is 101 Å². The Labute approximate surface area is 206 Å². The number of benzene rings is 1. The van der Waals surface area contributed by atoms with Gasteiger partial charge < -0.3 is 10.5 Å². The van der Waals surface area contributed by atoms with E-state index in [4.69, 9.17) is 15.7 Å². The summed E-state index contributed by atoms with van der Waals surface area (Å²) < 4.78 is 34.7. The van der Waals surface area contributed by atoms with Crippen LogP contribution in [0.4, 0.5) is 8.78 Å². The van der Waals surface area contributed by atoms with E-state index in [1.807, 2.05) is 6.07 Å². The Bertz CT molecular complexity index is 1280. The molecule has 0 radical (unpaired) electrons. The first-order chi connectivity index (χ1) is 16.8. The first kappa shape index (κ1) is 23.6. The van der Waals surface area contributed by atoms with E-state index >= 15 is 4.39 Å². The van der Waals surface area contributed by atoms with Crippen molar-refractivity contribution in [2.24, 2.45) is 22.6 Å². The first-order valence-corrected chi connectivity index (χ1v) is 12.3. The molecule has 2 N–H and O–H groups in total. The molecule has 0 bridgehead atoms. The van der Waals surface area contributed by atoms with Crippen molar-refractivity contribution >= 4 is 34.6 Å². The third-order valence-corrected chi connectivity index (χ3v) is 8.51. The third-order valence-electron chi connectivity index (χ3n) is 7.19. The second kappa shape index (κ2) is 8.85. The van der Waals surface area contributed by atoms with Crippen molar-refractivity contribution in [3.05, 3.63) is 64.7 Å². The Balaban J connectivity index is 1.47. The summed E-state index contributed by atoms with van der Waals surface area (Å²) in [6.45, 7) is 2.92. The maximum atomic E-state index is 15.2. The van der Waals surface area contributed by atoms with Crippen molar-refractivity contribution in [3.8, 4) is 6.07 Å². The average Bonchev–Trinajstić information content (AvgIpc) is 3.62. The molecular formula is C26H24F2N4O2S. The van der Waals surface area contributed by atoms with Crippen LogP contribution in [0.5, 0.6) is 0 Å². The van der Waals surface area contributed by atoms with E-state index in [1.165, 1.54) is 48.3 Å². The number of carbonyl (C=O) groups excluding carboxylic acids is 1. The lowest BCUT2D eigenvalue weighted by molar-refractivity contribution is -0.126. The zero-order chi connectivity index (χ0) is 24.8. The lowest BCUT2D eigenvalue weighted by Gasteiger charge is -2.35. The fourth-order valence-corrected chi connectivity index (χ4v) is 6.74. The fraction of sp³-hybridized carbons (Fsp3) is 0.385. The summed E-state index contributed by atoms with van der Waals surface area (Å²) in [5, 5.41) is 9.15. The molecule has 1 aromatic carbocycles. The van der Waals surface area contributed by atoms with E-state index in [0.29, 0.717) is 43.6 Å². The molecule has 1 saturated heterocycles. The zero-order valence-electron chi connectivity index (χ0n) is 19.1. The van der Waals surface area contributed by atoms with E-state index in [9.17, 15) is 9.18 Å². The van der Waals surface area contributed by atoms with Crippen molar-refractivity contribution in [2.75, 3.05) is 13.2 Å². The number of rotatable bonds is 5. The minimum Gasteiger partial charge on any atom is -0.381 e. The van der Waals surface area contributed by atoms with E-state index in [2.05, 4.69) is 9.98 Å². The van der Waals surface area contributed by atoms with Crippen molar-refractivity contribution in [3.63, 3.8) is 0 Å². The number of ketones is 1. The molecule has 1 aromatic heterocycles. The van der Waals surface area contributed by atoms with Gasteiger partial charge in [0.25, 0.3) is 0 Å². The summed E-state index contributed by atoms with van der Waals surface area (Å²) >= 11 is 1.29. The normalized spacial score (nSPS) is 28.6. The van der Waals surface area contributed by atoms with Crippen LogP contribution in [0, 0.1) is 29.0 Å². The van der Waals surface area contributed by atoms with Crippen LogP contribution in [-0.4, -0.2) is 33.9 Å². The molecule has 1 saturated carbocycles. The van der Waals surface area contributed by atoms with Crippen LogP contribution in [0.15, 0.2) is 41.5 Å². The number of aliphatic imine (C=N–C) groups is 1. The number of carbonyl (C=O) groups is 1. The van der Waals surface area contributed by atoms with Gasteiger partial charge in [-0.1, -0.05) is 17.8 Å². The number of nitriles is 1. The van der Waals surface area contributed by atoms with Gasteiger partial charge in [-0.25, -0.2) is 8.78 Å². The molecule has 5 rings (SSSR count). The highest BCUT2D eigenvalue weighted by Crippen LogP contribution is 2.67. The van der Waals surface area contributed by atoms with Gasteiger partial charge in [0.2, 0.25) is 0 Å². The van der Waals surface area contributed by atoms with Crippen LogP contribution < -0.4 is 5.73 Å². The predicted octanol–water partition coefficient (Wildman–Crippen LogP) is 4.59. The lowest BCUT2D eigenvalue weighted by atomic mass is 9.82. The molecule has 3 aliphatic rings. The Morgan fingerprint density at radius 2 is 2.09 bits per heavy atom. The van der Waals surface area contributed by atoms with Crippen molar-refractivity contribution < 1.29 is 18.3 Å². The van der Waals surface area contributed by atoms with Crippen LogP contribution in [0.25, 0.3) is 11.9 Å². The zero-order valence-corrected chi connectivity index (χ0v) is 19.9. The highest BCUT2D eigenvalue weighted by molar-refractivity contribution is 8.15. The van der Waals surface area contributed by atoms with Gasteiger partial charge in [0, 0.05) is 36.8 Å². The van der Waals surface area contributed by atoms with Gasteiger partial charge in [-0.05, 0) is 62.1 Å². The maximum Gasteiger partial charge on any atom is 0.155 e. The van der Waals surface area contributed by atoms with Gasteiger partial charge in [-0.3, -0.25) is 14.8 Å². The second-order valence-corrected chi connectivity index (χ2v) is 10.7. The van der Waals surface area contributed by atoms with E-state index in [-0.39, 0.29) is 34.0 Å². The summed E-state index contributed by atoms with van der Waals surface area (Å²) in [6, 6.07) is 9.15. The van der Waals surface area contributed by atoms with Gasteiger partial charge >= 0.3 is 0 Å². The number of ether oxygens (including phenoxy) is 1. The van der Waals surface area contributed by atoms with Crippen LogP contribution in [-0.2, 0) is 15.1 Å². The number of nitrogens with zero attached hydrogens (tertiary/aromatic N) is 3. The molecule has 0 amide bonds. The minimum absolute atomic E-state index is 0.0701. The minimum atomic E-state index is -1.05.